The molecule has 1 saturated heterocycles. The van der Waals surface area contributed by atoms with Gasteiger partial charge in [0.05, 0.1) is 6.04 Å². The highest BCUT2D eigenvalue weighted by molar-refractivity contribution is 7.09. The van der Waals surface area contributed by atoms with Crippen molar-refractivity contribution in [1.29, 1.82) is 0 Å². The zero-order chi connectivity index (χ0) is 11.5. The second-order valence-corrected chi connectivity index (χ2v) is 5.70. The standard InChI is InChI=1S/C12H21N3S/c1-9-3-4-11(7-13)8-15(9)10(2)12-14-5-6-16-12/h5-6,9-11H,3-4,7-8,13H2,1-2H3. The van der Waals surface area contributed by atoms with Gasteiger partial charge in [-0.3, -0.25) is 4.90 Å². The highest BCUT2D eigenvalue weighted by Gasteiger charge is 2.29. The minimum absolute atomic E-state index is 0.435. The first-order chi connectivity index (χ1) is 7.72. The third-order valence-electron chi connectivity index (χ3n) is 3.67. The lowest BCUT2D eigenvalue weighted by Gasteiger charge is -2.40. The molecule has 2 rings (SSSR count). The summed E-state index contributed by atoms with van der Waals surface area (Å²) in [5.74, 6) is 0.665. The summed E-state index contributed by atoms with van der Waals surface area (Å²) < 4.78 is 0. The van der Waals surface area contributed by atoms with Gasteiger partial charge < -0.3 is 5.73 Å². The molecule has 2 N–H and O–H groups in total. The Balaban J connectivity index is 2.06. The van der Waals surface area contributed by atoms with E-state index in [0.29, 0.717) is 18.0 Å². The third-order valence-corrected chi connectivity index (χ3v) is 4.61. The van der Waals surface area contributed by atoms with Crippen LogP contribution in [0.3, 0.4) is 0 Å². The van der Waals surface area contributed by atoms with Crippen LogP contribution < -0.4 is 5.73 Å². The van der Waals surface area contributed by atoms with E-state index in [-0.39, 0.29) is 0 Å². The molecule has 3 unspecified atom stereocenters. The summed E-state index contributed by atoms with van der Waals surface area (Å²) in [5, 5.41) is 3.28. The van der Waals surface area contributed by atoms with Gasteiger partial charge in [-0.1, -0.05) is 0 Å². The van der Waals surface area contributed by atoms with Crippen molar-refractivity contribution in [1.82, 2.24) is 9.88 Å². The predicted octanol–water partition coefficient (Wildman–Crippen LogP) is 2.26. The van der Waals surface area contributed by atoms with Crippen molar-refractivity contribution in [3.8, 4) is 0 Å². The van der Waals surface area contributed by atoms with Crippen LogP contribution in [0.5, 0.6) is 0 Å². The first-order valence-corrected chi connectivity index (χ1v) is 6.95. The van der Waals surface area contributed by atoms with Crippen molar-refractivity contribution in [3.63, 3.8) is 0 Å². The first-order valence-electron chi connectivity index (χ1n) is 6.07. The van der Waals surface area contributed by atoms with Gasteiger partial charge in [0.15, 0.2) is 0 Å². The van der Waals surface area contributed by atoms with Crippen molar-refractivity contribution < 1.29 is 0 Å². The lowest BCUT2D eigenvalue weighted by Crippen LogP contribution is -2.44. The molecule has 3 nitrogen and oxygen atoms in total. The molecule has 2 heterocycles. The number of aromatic nitrogens is 1. The van der Waals surface area contributed by atoms with E-state index in [1.165, 1.54) is 17.8 Å². The Morgan fingerprint density at radius 1 is 1.62 bits per heavy atom. The van der Waals surface area contributed by atoms with Gasteiger partial charge in [0.1, 0.15) is 5.01 Å². The number of thiazole rings is 1. The maximum atomic E-state index is 5.79. The fourth-order valence-corrected chi connectivity index (χ4v) is 3.24. The molecule has 0 aromatic carbocycles. The summed E-state index contributed by atoms with van der Waals surface area (Å²) >= 11 is 1.75. The van der Waals surface area contributed by atoms with Gasteiger partial charge in [0.25, 0.3) is 0 Å². The molecule has 4 heteroatoms. The highest BCUT2D eigenvalue weighted by Crippen LogP contribution is 2.30. The van der Waals surface area contributed by atoms with Crippen molar-refractivity contribution in [2.75, 3.05) is 13.1 Å². The van der Waals surface area contributed by atoms with Crippen molar-refractivity contribution >= 4 is 11.3 Å². The molecule has 1 aromatic heterocycles. The summed E-state index contributed by atoms with van der Waals surface area (Å²) in [6, 6.07) is 1.09. The fourth-order valence-electron chi connectivity index (χ4n) is 2.53. The molecule has 0 spiro atoms. The molecule has 1 fully saturated rings. The number of likely N-dealkylation sites (tertiary alicyclic amines) is 1. The lowest BCUT2D eigenvalue weighted by molar-refractivity contribution is 0.0811. The Morgan fingerprint density at radius 2 is 2.44 bits per heavy atom. The van der Waals surface area contributed by atoms with Crippen LogP contribution in [0.1, 0.15) is 37.7 Å². The van der Waals surface area contributed by atoms with Gasteiger partial charge in [-0.05, 0) is 39.2 Å². The molecule has 1 aromatic rings. The summed E-state index contributed by atoms with van der Waals surface area (Å²) in [7, 11) is 0. The number of piperidine rings is 1. The highest BCUT2D eigenvalue weighted by atomic mass is 32.1. The molecular weight excluding hydrogens is 218 g/mol. The normalized spacial score (nSPS) is 29.2. The molecule has 0 aliphatic carbocycles. The van der Waals surface area contributed by atoms with E-state index in [4.69, 9.17) is 5.73 Å². The van der Waals surface area contributed by atoms with E-state index in [1.54, 1.807) is 11.3 Å². The first kappa shape index (κ1) is 12.0. The van der Waals surface area contributed by atoms with Crippen LogP contribution in [0.15, 0.2) is 11.6 Å². The number of rotatable bonds is 3. The lowest BCUT2D eigenvalue weighted by atomic mass is 9.92. The van der Waals surface area contributed by atoms with E-state index in [0.717, 1.165) is 13.1 Å². The average molecular weight is 239 g/mol. The van der Waals surface area contributed by atoms with E-state index >= 15 is 0 Å². The Hall–Kier alpha value is -0.450. The van der Waals surface area contributed by atoms with Gasteiger partial charge in [-0.2, -0.15) is 0 Å². The van der Waals surface area contributed by atoms with Crippen LogP contribution in [0.2, 0.25) is 0 Å². The smallest absolute Gasteiger partial charge is 0.109 e. The quantitative estimate of drug-likeness (QED) is 0.880. The van der Waals surface area contributed by atoms with Gasteiger partial charge in [0, 0.05) is 24.2 Å². The number of hydrogen-bond acceptors (Lipinski definition) is 4. The fraction of sp³-hybridized carbons (Fsp3) is 0.750. The van der Waals surface area contributed by atoms with Crippen molar-refractivity contribution in [3.05, 3.63) is 16.6 Å². The monoisotopic (exact) mass is 239 g/mol. The Kier molecular flexibility index (Phi) is 3.95. The number of hydrogen-bond donors (Lipinski definition) is 1. The molecule has 16 heavy (non-hydrogen) atoms. The molecular formula is C12H21N3S. The molecule has 1 aliphatic heterocycles. The summed E-state index contributed by atoms with van der Waals surface area (Å²) in [6.45, 7) is 6.51. The van der Waals surface area contributed by atoms with Gasteiger partial charge in [0.2, 0.25) is 0 Å². The second kappa shape index (κ2) is 5.25. The van der Waals surface area contributed by atoms with E-state index in [2.05, 4.69) is 29.1 Å². The minimum Gasteiger partial charge on any atom is -0.330 e. The maximum absolute atomic E-state index is 5.79. The zero-order valence-corrected chi connectivity index (χ0v) is 10.9. The Morgan fingerprint density at radius 3 is 3.06 bits per heavy atom. The summed E-state index contributed by atoms with van der Waals surface area (Å²) in [4.78, 5) is 6.98. The van der Waals surface area contributed by atoms with Crippen LogP contribution in [0.4, 0.5) is 0 Å². The van der Waals surface area contributed by atoms with Gasteiger partial charge in [-0.15, -0.1) is 11.3 Å². The molecule has 90 valence electrons. The van der Waals surface area contributed by atoms with Crippen LogP contribution in [0, 0.1) is 5.92 Å². The number of nitrogens with zero attached hydrogens (tertiary/aromatic N) is 2. The predicted molar refractivity (Wildman–Crippen MR) is 68.5 cm³/mol. The third kappa shape index (κ3) is 2.44. The van der Waals surface area contributed by atoms with Crippen molar-refractivity contribution in [2.24, 2.45) is 11.7 Å². The molecule has 0 radical (unpaired) electrons. The Bertz CT molecular complexity index is 312. The molecule has 0 saturated carbocycles. The SMILES string of the molecule is CC1CCC(CN)CN1C(C)c1nccs1. The van der Waals surface area contributed by atoms with E-state index in [1.807, 2.05) is 6.20 Å². The molecule has 0 bridgehead atoms. The summed E-state index contributed by atoms with van der Waals surface area (Å²) in [5.41, 5.74) is 5.79. The molecule has 1 aliphatic rings. The van der Waals surface area contributed by atoms with E-state index < -0.39 is 0 Å². The second-order valence-electron chi connectivity index (χ2n) is 4.77. The average Bonchev–Trinajstić information content (AvgIpc) is 2.82. The van der Waals surface area contributed by atoms with E-state index in [9.17, 15) is 0 Å². The number of nitrogens with two attached hydrogens (primary N) is 1. The molecule has 0 amide bonds. The zero-order valence-electron chi connectivity index (χ0n) is 10.1. The van der Waals surface area contributed by atoms with Crippen LogP contribution in [-0.2, 0) is 0 Å². The van der Waals surface area contributed by atoms with Crippen LogP contribution in [0.25, 0.3) is 0 Å². The minimum atomic E-state index is 0.435. The van der Waals surface area contributed by atoms with Crippen molar-refractivity contribution in [2.45, 2.75) is 38.8 Å². The van der Waals surface area contributed by atoms with Crippen LogP contribution in [-0.4, -0.2) is 29.0 Å². The topological polar surface area (TPSA) is 42.1 Å². The maximum Gasteiger partial charge on any atom is 0.109 e. The molecule has 3 atom stereocenters. The Labute approximate surface area is 102 Å². The largest absolute Gasteiger partial charge is 0.330 e. The summed E-state index contributed by atoms with van der Waals surface area (Å²) in [6.07, 6.45) is 4.43. The van der Waals surface area contributed by atoms with Gasteiger partial charge in [-0.25, -0.2) is 4.98 Å². The van der Waals surface area contributed by atoms with Crippen LogP contribution >= 0.6 is 11.3 Å². The van der Waals surface area contributed by atoms with Gasteiger partial charge >= 0.3 is 0 Å².